The molecule has 0 heterocycles. The third kappa shape index (κ3) is 2.08. The van der Waals surface area contributed by atoms with Crippen molar-refractivity contribution in [3.8, 4) is 0 Å². The number of ketones is 2. The van der Waals surface area contributed by atoms with Crippen LogP contribution in [0.3, 0.4) is 0 Å². The summed E-state index contributed by atoms with van der Waals surface area (Å²) in [5.74, 6) is -1.91. The molecule has 0 bridgehead atoms. The van der Waals surface area contributed by atoms with Crippen molar-refractivity contribution in [1.82, 2.24) is 0 Å². The minimum absolute atomic E-state index is 0.126. The fourth-order valence-electron chi connectivity index (χ4n) is 2.59. The standard InChI is InChI=1S/C14H4Cl2N2O6/c15-5-1-2-6(16)10-9(5)13(19)11-7(17(21)22)3-4-8(18(23)24)12(11)14(10)20/h1-4H. The monoisotopic (exact) mass is 366 g/mol. The number of hydrogen-bond acceptors (Lipinski definition) is 6. The lowest BCUT2D eigenvalue weighted by molar-refractivity contribution is -0.389. The van der Waals surface area contributed by atoms with E-state index in [0.29, 0.717) is 0 Å². The molecule has 0 saturated carbocycles. The highest BCUT2D eigenvalue weighted by atomic mass is 35.5. The summed E-state index contributed by atoms with van der Waals surface area (Å²) in [6.07, 6.45) is 0. The largest absolute Gasteiger partial charge is 0.288 e. The highest BCUT2D eigenvalue weighted by Gasteiger charge is 2.42. The van der Waals surface area contributed by atoms with E-state index in [1.165, 1.54) is 12.1 Å². The number of benzene rings is 2. The van der Waals surface area contributed by atoms with E-state index in [2.05, 4.69) is 0 Å². The molecule has 0 aliphatic heterocycles. The van der Waals surface area contributed by atoms with Crippen molar-refractivity contribution < 1.29 is 19.4 Å². The maximum absolute atomic E-state index is 12.7. The Labute approximate surface area is 142 Å². The van der Waals surface area contributed by atoms with Gasteiger partial charge in [-0.05, 0) is 12.1 Å². The maximum atomic E-state index is 12.7. The van der Waals surface area contributed by atoms with E-state index in [0.717, 1.165) is 12.1 Å². The van der Waals surface area contributed by atoms with Crippen LogP contribution in [0.4, 0.5) is 11.4 Å². The van der Waals surface area contributed by atoms with Gasteiger partial charge in [0, 0.05) is 12.1 Å². The van der Waals surface area contributed by atoms with Crippen LogP contribution < -0.4 is 0 Å². The molecule has 0 radical (unpaired) electrons. The second-order valence-electron chi connectivity index (χ2n) is 4.81. The molecule has 0 amide bonds. The summed E-state index contributed by atoms with van der Waals surface area (Å²) >= 11 is 11.9. The highest BCUT2D eigenvalue weighted by Crippen LogP contribution is 2.42. The predicted molar refractivity (Wildman–Crippen MR) is 83.1 cm³/mol. The van der Waals surface area contributed by atoms with Crippen LogP contribution in [-0.4, -0.2) is 21.4 Å². The molecule has 120 valence electrons. The molecule has 0 aromatic heterocycles. The van der Waals surface area contributed by atoms with Crippen molar-refractivity contribution >= 4 is 46.1 Å². The van der Waals surface area contributed by atoms with Crippen molar-refractivity contribution in [2.24, 2.45) is 0 Å². The minimum Gasteiger partial charge on any atom is -0.288 e. The normalized spacial score (nSPS) is 12.6. The molecule has 1 aliphatic rings. The lowest BCUT2D eigenvalue weighted by Gasteiger charge is -2.19. The zero-order chi connectivity index (χ0) is 17.8. The molecule has 0 saturated heterocycles. The lowest BCUT2D eigenvalue weighted by Crippen LogP contribution is -2.24. The molecule has 2 aromatic carbocycles. The van der Waals surface area contributed by atoms with E-state index >= 15 is 0 Å². The van der Waals surface area contributed by atoms with Gasteiger partial charge in [0.05, 0.1) is 31.0 Å². The summed E-state index contributed by atoms with van der Waals surface area (Å²) in [5, 5.41) is 22.1. The number of halogens is 2. The molecule has 0 spiro atoms. The van der Waals surface area contributed by atoms with Gasteiger partial charge < -0.3 is 0 Å². The van der Waals surface area contributed by atoms with Gasteiger partial charge in [-0.2, -0.15) is 0 Å². The van der Waals surface area contributed by atoms with E-state index in [1.807, 2.05) is 0 Å². The van der Waals surface area contributed by atoms with Gasteiger partial charge in [-0.15, -0.1) is 0 Å². The van der Waals surface area contributed by atoms with E-state index in [1.54, 1.807) is 0 Å². The van der Waals surface area contributed by atoms with Gasteiger partial charge >= 0.3 is 0 Å². The Kier molecular flexibility index (Phi) is 3.58. The van der Waals surface area contributed by atoms with Crippen LogP contribution in [-0.2, 0) is 0 Å². The molecular formula is C14H4Cl2N2O6. The Hall–Kier alpha value is -2.84. The Morgan fingerprint density at radius 3 is 1.29 bits per heavy atom. The third-order valence-corrected chi connectivity index (χ3v) is 4.20. The molecule has 0 atom stereocenters. The Balaban J connectivity index is 2.50. The Morgan fingerprint density at radius 1 is 0.667 bits per heavy atom. The van der Waals surface area contributed by atoms with Crippen molar-refractivity contribution in [2.45, 2.75) is 0 Å². The second-order valence-corrected chi connectivity index (χ2v) is 5.62. The molecule has 0 fully saturated rings. The number of nitro groups is 2. The van der Waals surface area contributed by atoms with E-state index in [-0.39, 0.29) is 21.2 Å². The van der Waals surface area contributed by atoms with Crippen LogP contribution in [0.15, 0.2) is 24.3 Å². The average molecular weight is 367 g/mol. The van der Waals surface area contributed by atoms with E-state index < -0.39 is 43.9 Å². The summed E-state index contributed by atoms with van der Waals surface area (Å²) in [6.45, 7) is 0. The van der Waals surface area contributed by atoms with E-state index in [9.17, 15) is 29.8 Å². The van der Waals surface area contributed by atoms with Gasteiger partial charge in [0.25, 0.3) is 11.4 Å². The summed E-state index contributed by atoms with van der Waals surface area (Å²) in [4.78, 5) is 46.0. The number of nitrogens with zero attached hydrogens (tertiary/aromatic N) is 2. The van der Waals surface area contributed by atoms with Crippen LogP contribution in [0.1, 0.15) is 31.8 Å². The van der Waals surface area contributed by atoms with Crippen LogP contribution >= 0.6 is 23.2 Å². The van der Waals surface area contributed by atoms with Crippen molar-refractivity contribution in [3.63, 3.8) is 0 Å². The predicted octanol–water partition coefficient (Wildman–Crippen LogP) is 3.59. The first-order valence-corrected chi connectivity index (χ1v) is 7.04. The zero-order valence-corrected chi connectivity index (χ0v) is 12.9. The number of fused-ring (bicyclic) bond motifs is 2. The molecule has 24 heavy (non-hydrogen) atoms. The average Bonchev–Trinajstić information content (AvgIpc) is 2.53. The minimum atomic E-state index is -0.956. The maximum Gasteiger partial charge on any atom is 0.281 e. The van der Waals surface area contributed by atoms with Crippen LogP contribution in [0.5, 0.6) is 0 Å². The van der Waals surface area contributed by atoms with Crippen LogP contribution in [0.2, 0.25) is 10.0 Å². The number of nitro benzene ring substituents is 2. The van der Waals surface area contributed by atoms with Crippen molar-refractivity contribution in [2.75, 3.05) is 0 Å². The molecule has 10 heteroatoms. The fraction of sp³-hybridized carbons (Fsp3) is 0. The molecule has 0 N–H and O–H groups in total. The van der Waals surface area contributed by atoms with Gasteiger partial charge in [-0.3, -0.25) is 29.8 Å². The first kappa shape index (κ1) is 16.0. The topological polar surface area (TPSA) is 120 Å². The quantitative estimate of drug-likeness (QED) is 0.504. The number of hydrogen-bond donors (Lipinski definition) is 0. The highest BCUT2D eigenvalue weighted by molar-refractivity contribution is 6.44. The summed E-state index contributed by atoms with van der Waals surface area (Å²) in [6, 6.07) is 4.15. The number of carbonyl (C=O) groups excluding carboxylic acids is 2. The Bertz CT molecular complexity index is 908. The third-order valence-electron chi connectivity index (χ3n) is 3.57. The first-order valence-electron chi connectivity index (χ1n) is 6.29. The summed E-state index contributed by atoms with van der Waals surface area (Å²) in [7, 11) is 0. The van der Waals surface area contributed by atoms with Gasteiger partial charge in [0.1, 0.15) is 11.1 Å². The first-order chi connectivity index (χ1) is 11.3. The van der Waals surface area contributed by atoms with Gasteiger partial charge in [-0.25, -0.2) is 0 Å². The number of carbonyl (C=O) groups is 2. The van der Waals surface area contributed by atoms with Crippen LogP contribution in [0, 0.1) is 20.2 Å². The van der Waals surface area contributed by atoms with Gasteiger partial charge in [0.2, 0.25) is 11.6 Å². The SMILES string of the molecule is O=C1c2c(Cl)ccc(Cl)c2C(=O)c2c([N+](=O)[O-])ccc([N+](=O)[O-])c21. The van der Waals surface area contributed by atoms with Crippen LogP contribution in [0.25, 0.3) is 0 Å². The zero-order valence-electron chi connectivity index (χ0n) is 11.4. The summed E-state index contributed by atoms with van der Waals surface area (Å²) < 4.78 is 0. The van der Waals surface area contributed by atoms with E-state index in [4.69, 9.17) is 23.2 Å². The molecular weight excluding hydrogens is 363 g/mol. The lowest BCUT2D eigenvalue weighted by atomic mass is 9.82. The fourth-order valence-corrected chi connectivity index (χ4v) is 3.08. The molecule has 0 unspecified atom stereocenters. The smallest absolute Gasteiger partial charge is 0.281 e. The molecule has 2 aromatic rings. The Morgan fingerprint density at radius 2 is 1.00 bits per heavy atom. The van der Waals surface area contributed by atoms with Crippen molar-refractivity contribution in [3.05, 3.63) is 76.8 Å². The molecule has 8 nitrogen and oxygen atoms in total. The van der Waals surface area contributed by atoms with Gasteiger partial charge in [-0.1, -0.05) is 23.2 Å². The molecule has 1 aliphatic carbocycles. The summed E-state index contributed by atoms with van der Waals surface area (Å²) in [5.41, 5.74) is -3.34. The number of rotatable bonds is 2. The second kappa shape index (κ2) is 5.36. The molecule has 3 rings (SSSR count). The van der Waals surface area contributed by atoms with Crippen molar-refractivity contribution in [1.29, 1.82) is 0 Å². The van der Waals surface area contributed by atoms with Gasteiger partial charge in [0.15, 0.2) is 0 Å².